The van der Waals surface area contributed by atoms with E-state index in [2.05, 4.69) is 15.4 Å². The highest BCUT2D eigenvalue weighted by Gasteiger charge is 2.25. The number of amides is 2. The number of carbonyl (C=O) groups is 3. The van der Waals surface area contributed by atoms with E-state index in [1.807, 2.05) is 0 Å². The number of esters is 1. The standard InChI is InChI=1S/C20H20N2O5/c1-26-20(25)13-6-10-15(11-7-13)27-12-18(23)22-17-5-3-2-4-16(17)19(24)21-14-8-9-14/h2-7,10-11,14H,8-9,12H2,1H3,(H,21,24)(H,22,23). The minimum atomic E-state index is -0.444. The predicted molar refractivity (Wildman–Crippen MR) is 98.8 cm³/mol. The Morgan fingerprint density at radius 1 is 1.04 bits per heavy atom. The first-order valence-electron chi connectivity index (χ1n) is 8.57. The van der Waals surface area contributed by atoms with Crippen molar-refractivity contribution in [3.63, 3.8) is 0 Å². The quantitative estimate of drug-likeness (QED) is 0.732. The number of nitrogens with one attached hydrogen (secondary N) is 2. The lowest BCUT2D eigenvalue weighted by Gasteiger charge is -2.12. The van der Waals surface area contributed by atoms with Crippen LogP contribution in [0.5, 0.6) is 5.75 Å². The van der Waals surface area contributed by atoms with E-state index in [4.69, 9.17) is 4.74 Å². The van der Waals surface area contributed by atoms with Gasteiger partial charge in [0.1, 0.15) is 5.75 Å². The molecule has 1 saturated carbocycles. The van der Waals surface area contributed by atoms with Gasteiger partial charge in [0.25, 0.3) is 11.8 Å². The fourth-order valence-corrected chi connectivity index (χ4v) is 2.42. The highest BCUT2D eigenvalue weighted by Crippen LogP contribution is 2.21. The van der Waals surface area contributed by atoms with E-state index in [1.165, 1.54) is 7.11 Å². The van der Waals surface area contributed by atoms with Gasteiger partial charge in [0.05, 0.1) is 23.9 Å². The Labute approximate surface area is 156 Å². The number of para-hydroxylation sites is 1. The molecule has 0 unspecified atom stereocenters. The molecule has 1 aliphatic rings. The molecule has 2 aromatic carbocycles. The van der Waals surface area contributed by atoms with E-state index in [9.17, 15) is 14.4 Å². The van der Waals surface area contributed by atoms with Gasteiger partial charge >= 0.3 is 5.97 Å². The Hall–Kier alpha value is -3.35. The molecule has 0 aromatic heterocycles. The molecule has 7 nitrogen and oxygen atoms in total. The molecule has 140 valence electrons. The van der Waals surface area contributed by atoms with Gasteiger partial charge in [0.2, 0.25) is 0 Å². The van der Waals surface area contributed by atoms with Crippen LogP contribution in [0, 0.1) is 0 Å². The van der Waals surface area contributed by atoms with Crippen LogP contribution in [0.1, 0.15) is 33.6 Å². The fraction of sp³-hybridized carbons (Fsp3) is 0.250. The zero-order chi connectivity index (χ0) is 19.2. The first-order valence-corrected chi connectivity index (χ1v) is 8.57. The van der Waals surface area contributed by atoms with E-state index in [0.29, 0.717) is 22.6 Å². The second-order valence-corrected chi connectivity index (χ2v) is 6.15. The molecule has 0 heterocycles. The fourth-order valence-electron chi connectivity index (χ4n) is 2.42. The Balaban J connectivity index is 1.56. The van der Waals surface area contributed by atoms with Crippen molar-refractivity contribution in [1.29, 1.82) is 0 Å². The number of rotatable bonds is 7. The molecule has 1 fully saturated rings. The minimum absolute atomic E-state index is 0.201. The second-order valence-electron chi connectivity index (χ2n) is 6.15. The molecule has 2 aromatic rings. The first kappa shape index (κ1) is 18.4. The lowest BCUT2D eigenvalue weighted by Crippen LogP contribution is -2.28. The summed E-state index contributed by atoms with van der Waals surface area (Å²) in [5, 5.41) is 5.60. The monoisotopic (exact) mass is 368 g/mol. The topological polar surface area (TPSA) is 93.7 Å². The number of anilines is 1. The molecule has 3 rings (SSSR count). The SMILES string of the molecule is COC(=O)c1ccc(OCC(=O)Nc2ccccc2C(=O)NC2CC2)cc1. The largest absolute Gasteiger partial charge is 0.484 e. The normalized spacial score (nSPS) is 12.8. The maximum atomic E-state index is 12.3. The third-order valence-electron chi connectivity index (χ3n) is 4.00. The molecule has 0 bridgehead atoms. The van der Waals surface area contributed by atoms with E-state index >= 15 is 0 Å². The molecule has 0 radical (unpaired) electrons. The molecule has 0 spiro atoms. The molecule has 0 saturated heterocycles. The van der Waals surface area contributed by atoms with Gasteiger partial charge < -0.3 is 20.1 Å². The summed E-state index contributed by atoms with van der Waals surface area (Å²) in [5.74, 6) is -0.593. The van der Waals surface area contributed by atoms with Crippen LogP contribution in [0.25, 0.3) is 0 Å². The number of benzene rings is 2. The summed E-state index contributed by atoms with van der Waals surface area (Å²) in [6.07, 6.45) is 1.98. The summed E-state index contributed by atoms with van der Waals surface area (Å²) >= 11 is 0. The van der Waals surface area contributed by atoms with Crippen LogP contribution in [-0.4, -0.2) is 37.5 Å². The van der Waals surface area contributed by atoms with Gasteiger partial charge in [-0.1, -0.05) is 12.1 Å². The van der Waals surface area contributed by atoms with Crippen molar-refractivity contribution >= 4 is 23.5 Å². The van der Waals surface area contributed by atoms with Crippen LogP contribution in [-0.2, 0) is 9.53 Å². The van der Waals surface area contributed by atoms with Crippen molar-refractivity contribution in [2.24, 2.45) is 0 Å². The predicted octanol–water partition coefficient (Wildman–Crippen LogP) is 2.38. The third-order valence-corrected chi connectivity index (χ3v) is 4.00. The average Bonchev–Trinajstić information content (AvgIpc) is 3.50. The van der Waals surface area contributed by atoms with Gasteiger partial charge in [-0.05, 0) is 49.2 Å². The van der Waals surface area contributed by atoms with Crippen LogP contribution < -0.4 is 15.4 Å². The molecule has 2 amide bonds. The lowest BCUT2D eigenvalue weighted by molar-refractivity contribution is -0.118. The Bertz CT molecular complexity index is 844. The first-order chi connectivity index (χ1) is 13.1. The Morgan fingerprint density at radius 3 is 2.41 bits per heavy atom. The molecular formula is C20H20N2O5. The summed E-state index contributed by atoms with van der Waals surface area (Å²) in [5.41, 5.74) is 1.25. The molecule has 1 aliphatic carbocycles. The van der Waals surface area contributed by atoms with Crippen LogP contribution in [0.2, 0.25) is 0 Å². The zero-order valence-electron chi connectivity index (χ0n) is 14.9. The number of hydrogen-bond donors (Lipinski definition) is 2. The van der Waals surface area contributed by atoms with Gasteiger partial charge in [-0.2, -0.15) is 0 Å². The van der Waals surface area contributed by atoms with E-state index in [0.717, 1.165) is 12.8 Å². The summed E-state index contributed by atoms with van der Waals surface area (Å²) in [4.78, 5) is 35.8. The number of carbonyl (C=O) groups excluding carboxylic acids is 3. The molecule has 27 heavy (non-hydrogen) atoms. The Kier molecular flexibility index (Phi) is 5.71. The van der Waals surface area contributed by atoms with Crippen molar-refractivity contribution in [3.8, 4) is 5.75 Å². The van der Waals surface area contributed by atoms with Crippen LogP contribution in [0.3, 0.4) is 0 Å². The maximum absolute atomic E-state index is 12.3. The Morgan fingerprint density at radius 2 is 1.74 bits per heavy atom. The third kappa shape index (κ3) is 5.07. The van der Waals surface area contributed by atoms with Crippen LogP contribution in [0.15, 0.2) is 48.5 Å². The van der Waals surface area contributed by atoms with Crippen molar-refractivity contribution in [2.45, 2.75) is 18.9 Å². The summed E-state index contributed by atoms with van der Waals surface area (Å²) in [7, 11) is 1.31. The average molecular weight is 368 g/mol. The van der Waals surface area contributed by atoms with Crippen molar-refractivity contribution in [3.05, 3.63) is 59.7 Å². The van der Waals surface area contributed by atoms with Crippen LogP contribution in [0.4, 0.5) is 5.69 Å². The molecule has 0 aliphatic heterocycles. The van der Waals surface area contributed by atoms with Gasteiger partial charge in [-0.3, -0.25) is 9.59 Å². The summed E-state index contributed by atoms with van der Waals surface area (Å²) in [6.45, 7) is -0.226. The smallest absolute Gasteiger partial charge is 0.337 e. The van der Waals surface area contributed by atoms with E-state index in [-0.39, 0.29) is 18.6 Å². The number of hydrogen-bond acceptors (Lipinski definition) is 5. The summed E-state index contributed by atoms with van der Waals surface area (Å²) in [6, 6.07) is 13.3. The summed E-state index contributed by atoms with van der Waals surface area (Å²) < 4.78 is 10.0. The van der Waals surface area contributed by atoms with Crippen molar-refractivity contribution in [2.75, 3.05) is 19.0 Å². The molecule has 7 heteroatoms. The van der Waals surface area contributed by atoms with Gasteiger partial charge in [-0.25, -0.2) is 4.79 Å². The zero-order valence-corrected chi connectivity index (χ0v) is 14.9. The lowest BCUT2D eigenvalue weighted by atomic mass is 10.1. The second kappa shape index (κ2) is 8.35. The minimum Gasteiger partial charge on any atom is -0.484 e. The maximum Gasteiger partial charge on any atom is 0.337 e. The van der Waals surface area contributed by atoms with Crippen molar-refractivity contribution in [1.82, 2.24) is 5.32 Å². The highest BCUT2D eigenvalue weighted by molar-refractivity contribution is 6.04. The molecule has 2 N–H and O–H groups in total. The van der Waals surface area contributed by atoms with E-state index in [1.54, 1.807) is 48.5 Å². The van der Waals surface area contributed by atoms with E-state index < -0.39 is 11.9 Å². The van der Waals surface area contributed by atoms with Crippen LogP contribution >= 0.6 is 0 Å². The molecular weight excluding hydrogens is 348 g/mol. The van der Waals surface area contributed by atoms with Gasteiger partial charge in [0.15, 0.2) is 6.61 Å². The number of methoxy groups -OCH3 is 1. The van der Waals surface area contributed by atoms with Gasteiger partial charge in [-0.15, -0.1) is 0 Å². The number of ether oxygens (including phenoxy) is 2. The molecule has 0 atom stereocenters. The van der Waals surface area contributed by atoms with Gasteiger partial charge in [0, 0.05) is 6.04 Å². The van der Waals surface area contributed by atoms with Crippen molar-refractivity contribution < 1.29 is 23.9 Å². The highest BCUT2D eigenvalue weighted by atomic mass is 16.5.